The third-order valence-corrected chi connectivity index (χ3v) is 3.56. The van der Waals surface area contributed by atoms with Crippen LogP contribution >= 0.6 is 11.6 Å². The van der Waals surface area contributed by atoms with Gasteiger partial charge in [-0.1, -0.05) is 30.5 Å². The van der Waals surface area contributed by atoms with Crippen LogP contribution in [0.4, 0.5) is 4.39 Å². The van der Waals surface area contributed by atoms with E-state index < -0.39 is 5.82 Å². The predicted molar refractivity (Wildman–Crippen MR) is 70.4 cm³/mol. The van der Waals surface area contributed by atoms with Gasteiger partial charge in [0.2, 0.25) is 0 Å². The van der Waals surface area contributed by atoms with Crippen molar-refractivity contribution in [1.29, 1.82) is 0 Å². The van der Waals surface area contributed by atoms with Crippen molar-refractivity contribution in [3.63, 3.8) is 0 Å². The zero-order valence-electron chi connectivity index (χ0n) is 10.2. The van der Waals surface area contributed by atoms with Crippen LogP contribution in [0.1, 0.15) is 31.2 Å². The average molecular weight is 270 g/mol. The highest BCUT2D eigenvalue weighted by atomic mass is 35.5. The van der Waals surface area contributed by atoms with Crippen LogP contribution in [-0.2, 0) is 11.2 Å². The molecule has 0 radical (unpaired) electrons. The van der Waals surface area contributed by atoms with E-state index in [0.717, 1.165) is 32.2 Å². The van der Waals surface area contributed by atoms with Gasteiger partial charge in [-0.25, -0.2) is 4.39 Å². The van der Waals surface area contributed by atoms with E-state index in [0.29, 0.717) is 10.6 Å². The number of nitrogens with one attached hydrogen (secondary N) is 1. The van der Waals surface area contributed by atoms with E-state index in [4.69, 9.17) is 11.6 Å². The molecule has 4 heteroatoms. The van der Waals surface area contributed by atoms with Gasteiger partial charge in [0.05, 0.1) is 6.04 Å². The van der Waals surface area contributed by atoms with Gasteiger partial charge in [-0.3, -0.25) is 4.79 Å². The third-order valence-electron chi connectivity index (χ3n) is 3.33. The van der Waals surface area contributed by atoms with E-state index in [-0.39, 0.29) is 18.2 Å². The van der Waals surface area contributed by atoms with Crippen molar-refractivity contribution >= 4 is 17.4 Å². The molecule has 1 aromatic rings. The van der Waals surface area contributed by atoms with Gasteiger partial charge in [0.25, 0.3) is 0 Å². The van der Waals surface area contributed by atoms with Crippen LogP contribution < -0.4 is 5.32 Å². The van der Waals surface area contributed by atoms with Crippen molar-refractivity contribution in [2.45, 2.75) is 38.1 Å². The lowest BCUT2D eigenvalue weighted by molar-refractivity contribution is -0.120. The molecule has 18 heavy (non-hydrogen) atoms. The molecule has 1 fully saturated rings. The molecular weight excluding hydrogens is 253 g/mol. The van der Waals surface area contributed by atoms with E-state index in [9.17, 15) is 9.18 Å². The molecule has 2 nitrogen and oxygen atoms in total. The monoisotopic (exact) mass is 269 g/mol. The summed E-state index contributed by atoms with van der Waals surface area (Å²) in [6.07, 6.45) is 4.33. The standard InChI is InChI=1S/C14H17ClFNO/c15-11-6-5-10(12(16)9-11)8-14(18)13-4-2-1-3-7-17-13/h5-6,9,13,17H,1-4,7-8H2. The number of rotatable bonds is 3. The summed E-state index contributed by atoms with van der Waals surface area (Å²) in [7, 11) is 0. The van der Waals surface area contributed by atoms with Crippen molar-refractivity contribution < 1.29 is 9.18 Å². The second kappa shape index (κ2) is 6.30. The lowest BCUT2D eigenvalue weighted by Gasteiger charge is -2.14. The minimum absolute atomic E-state index is 0.0677. The summed E-state index contributed by atoms with van der Waals surface area (Å²) in [6.45, 7) is 0.875. The third kappa shape index (κ3) is 3.53. The van der Waals surface area contributed by atoms with Gasteiger partial charge in [0, 0.05) is 11.4 Å². The summed E-state index contributed by atoms with van der Waals surface area (Å²) in [4.78, 5) is 12.1. The van der Waals surface area contributed by atoms with Gasteiger partial charge < -0.3 is 5.32 Å². The van der Waals surface area contributed by atoms with Gasteiger partial charge in [-0.2, -0.15) is 0 Å². The van der Waals surface area contributed by atoms with Crippen LogP contribution in [0, 0.1) is 5.82 Å². The van der Waals surface area contributed by atoms with Crippen LogP contribution in [-0.4, -0.2) is 18.4 Å². The first-order valence-corrected chi connectivity index (χ1v) is 6.74. The van der Waals surface area contributed by atoms with Crippen LogP contribution in [0.15, 0.2) is 18.2 Å². The normalized spacial score (nSPS) is 20.4. The van der Waals surface area contributed by atoms with Gasteiger partial charge in [0.15, 0.2) is 5.78 Å². The van der Waals surface area contributed by atoms with E-state index in [1.807, 2.05) is 0 Å². The number of Topliss-reactive ketones (excluding diaryl/α,β-unsaturated/α-hetero) is 1. The van der Waals surface area contributed by atoms with Crippen molar-refractivity contribution in [3.05, 3.63) is 34.6 Å². The van der Waals surface area contributed by atoms with Crippen LogP contribution in [0.2, 0.25) is 5.02 Å². The highest BCUT2D eigenvalue weighted by Gasteiger charge is 2.20. The maximum Gasteiger partial charge on any atom is 0.154 e. The Kier molecular flexibility index (Phi) is 4.72. The smallest absolute Gasteiger partial charge is 0.154 e. The number of hydrogen-bond donors (Lipinski definition) is 1. The quantitative estimate of drug-likeness (QED) is 0.913. The zero-order chi connectivity index (χ0) is 13.0. The Labute approximate surface area is 112 Å². The lowest BCUT2D eigenvalue weighted by Crippen LogP contribution is -2.37. The number of benzene rings is 1. The van der Waals surface area contributed by atoms with Crippen molar-refractivity contribution in [2.24, 2.45) is 0 Å². The average Bonchev–Trinajstić information content (AvgIpc) is 2.61. The minimum Gasteiger partial charge on any atom is -0.307 e. The Morgan fingerprint density at radius 2 is 2.22 bits per heavy atom. The number of halogens is 2. The molecule has 0 aliphatic carbocycles. The van der Waals surface area contributed by atoms with E-state index >= 15 is 0 Å². The fourth-order valence-corrected chi connectivity index (χ4v) is 2.44. The maximum absolute atomic E-state index is 13.6. The van der Waals surface area contributed by atoms with Crippen molar-refractivity contribution in [1.82, 2.24) is 5.32 Å². The molecule has 1 aliphatic rings. The molecule has 1 aliphatic heterocycles. The number of ketones is 1. The second-order valence-corrected chi connectivity index (χ2v) is 5.17. The van der Waals surface area contributed by atoms with E-state index in [1.165, 1.54) is 6.07 Å². The van der Waals surface area contributed by atoms with Gasteiger partial charge in [0.1, 0.15) is 5.82 Å². The number of carbonyl (C=O) groups excluding carboxylic acids is 1. The Hall–Kier alpha value is -0.930. The molecule has 2 rings (SSSR count). The topological polar surface area (TPSA) is 29.1 Å². The second-order valence-electron chi connectivity index (χ2n) is 4.73. The fraction of sp³-hybridized carbons (Fsp3) is 0.500. The Balaban J connectivity index is 2.01. The van der Waals surface area contributed by atoms with E-state index in [1.54, 1.807) is 12.1 Å². The van der Waals surface area contributed by atoms with Crippen molar-refractivity contribution in [3.8, 4) is 0 Å². The number of hydrogen-bond acceptors (Lipinski definition) is 2. The summed E-state index contributed by atoms with van der Waals surface area (Å²) >= 11 is 5.69. The molecule has 1 atom stereocenters. The fourth-order valence-electron chi connectivity index (χ4n) is 2.28. The molecule has 0 saturated carbocycles. The highest BCUT2D eigenvalue weighted by Crippen LogP contribution is 2.17. The van der Waals surface area contributed by atoms with Gasteiger partial charge in [-0.05, 0) is 37.1 Å². The predicted octanol–water partition coefficient (Wildman–Crippen LogP) is 3.12. The highest BCUT2D eigenvalue weighted by molar-refractivity contribution is 6.30. The first-order chi connectivity index (χ1) is 8.66. The summed E-state index contributed by atoms with van der Waals surface area (Å²) in [5.41, 5.74) is 0.426. The summed E-state index contributed by atoms with van der Waals surface area (Å²) in [5, 5.41) is 3.59. The molecule has 98 valence electrons. The molecule has 0 bridgehead atoms. The SMILES string of the molecule is O=C(Cc1ccc(Cl)cc1F)C1CCCCCN1. The molecule has 1 saturated heterocycles. The lowest BCUT2D eigenvalue weighted by atomic mass is 10.00. The minimum atomic E-state index is -0.399. The van der Waals surface area contributed by atoms with Crippen molar-refractivity contribution in [2.75, 3.05) is 6.54 Å². The Morgan fingerprint density at radius 1 is 1.39 bits per heavy atom. The van der Waals surface area contributed by atoms with Crippen LogP contribution in [0.5, 0.6) is 0 Å². The Bertz CT molecular complexity index is 428. The maximum atomic E-state index is 13.6. The van der Waals surface area contributed by atoms with Gasteiger partial charge >= 0.3 is 0 Å². The molecule has 0 spiro atoms. The Morgan fingerprint density at radius 3 is 3.00 bits per heavy atom. The van der Waals surface area contributed by atoms with Crippen LogP contribution in [0.3, 0.4) is 0 Å². The summed E-state index contributed by atoms with van der Waals surface area (Å²) < 4.78 is 13.6. The molecule has 0 amide bonds. The largest absolute Gasteiger partial charge is 0.307 e. The number of carbonyl (C=O) groups is 1. The molecule has 1 heterocycles. The molecular formula is C14H17ClFNO. The summed E-state index contributed by atoms with van der Waals surface area (Å²) in [6, 6.07) is 4.34. The molecule has 1 aromatic carbocycles. The van der Waals surface area contributed by atoms with Crippen LogP contribution in [0.25, 0.3) is 0 Å². The zero-order valence-corrected chi connectivity index (χ0v) is 11.0. The van der Waals surface area contributed by atoms with E-state index in [2.05, 4.69) is 5.32 Å². The molecule has 0 aromatic heterocycles. The first-order valence-electron chi connectivity index (χ1n) is 6.37. The first kappa shape index (κ1) is 13.5. The molecule has 1 unspecified atom stereocenters. The van der Waals surface area contributed by atoms with Gasteiger partial charge in [-0.15, -0.1) is 0 Å². The molecule has 1 N–H and O–H groups in total. The summed E-state index contributed by atoms with van der Waals surface area (Å²) in [5.74, 6) is -0.331.